The van der Waals surface area contributed by atoms with Crippen LogP contribution >= 0.6 is 6.72 Å². The summed E-state index contributed by atoms with van der Waals surface area (Å²) in [4.78, 5) is 0. The number of rotatable bonds is 4. The molecule has 3 nitrogen and oxygen atoms in total. The van der Waals surface area contributed by atoms with E-state index >= 15 is 0 Å². The average Bonchev–Trinajstić information content (AvgIpc) is 1.87. The number of hydrogen-bond acceptors (Lipinski definition) is 3. The van der Waals surface area contributed by atoms with Crippen LogP contribution in [-0.2, 0) is 21.3 Å². The van der Waals surface area contributed by atoms with E-state index in [0.717, 1.165) is 6.42 Å². The van der Waals surface area contributed by atoms with Crippen LogP contribution in [0.5, 0.6) is 0 Å². The zero-order valence-corrected chi connectivity index (χ0v) is 11.2. The molecule has 0 aromatic heterocycles. The van der Waals surface area contributed by atoms with Crippen LogP contribution in [0.15, 0.2) is 0 Å². The largest absolute Gasteiger partial charge is 1.00 e. The molecule has 0 aromatic rings. The SMILES string of the molecule is CCC(C)NP(=O)([S-])OC.[Na+]. The molecule has 0 saturated carbocycles. The van der Waals surface area contributed by atoms with Crippen molar-refractivity contribution in [3.05, 3.63) is 0 Å². The van der Waals surface area contributed by atoms with E-state index in [4.69, 9.17) is 0 Å². The van der Waals surface area contributed by atoms with Crippen molar-refractivity contribution < 1.29 is 38.6 Å². The second-order valence-electron chi connectivity index (χ2n) is 2.12. The van der Waals surface area contributed by atoms with E-state index in [1.807, 2.05) is 13.8 Å². The van der Waals surface area contributed by atoms with E-state index in [1.54, 1.807) is 0 Å². The Morgan fingerprint density at radius 1 is 1.73 bits per heavy atom. The molecular formula is C5H13NNaO2PS. The topological polar surface area (TPSA) is 38.3 Å². The third-order valence-electron chi connectivity index (χ3n) is 1.23. The standard InChI is InChI=1S/C5H14NO2PS.Na/c1-4-5(2)6-9(7,10)8-3;/h5H,4H2,1-3H3,(H2,6,7,10);/q;+1/p-1. The summed E-state index contributed by atoms with van der Waals surface area (Å²) in [7, 11) is 1.35. The Labute approximate surface area is 95.6 Å². The van der Waals surface area contributed by atoms with Gasteiger partial charge in [0.2, 0.25) is 0 Å². The molecule has 6 heteroatoms. The van der Waals surface area contributed by atoms with Crippen LogP contribution < -0.4 is 34.6 Å². The van der Waals surface area contributed by atoms with E-state index in [0.29, 0.717) is 0 Å². The van der Waals surface area contributed by atoms with Gasteiger partial charge in [-0.1, -0.05) is 6.92 Å². The summed E-state index contributed by atoms with van der Waals surface area (Å²) in [6, 6.07) is 0.156. The Morgan fingerprint density at radius 3 is 2.45 bits per heavy atom. The van der Waals surface area contributed by atoms with Gasteiger partial charge in [-0.05, 0) is 13.3 Å². The second kappa shape index (κ2) is 6.96. The summed E-state index contributed by atoms with van der Waals surface area (Å²) in [6.45, 7) is 0.991. The molecule has 0 fully saturated rings. The van der Waals surface area contributed by atoms with Gasteiger partial charge in [0.05, 0.1) is 0 Å². The Morgan fingerprint density at radius 2 is 2.18 bits per heavy atom. The van der Waals surface area contributed by atoms with Gasteiger partial charge in [-0.15, -0.1) is 0 Å². The van der Waals surface area contributed by atoms with E-state index in [1.165, 1.54) is 7.11 Å². The van der Waals surface area contributed by atoms with Crippen LogP contribution in [0.1, 0.15) is 20.3 Å². The van der Waals surface area contributed by atoms with Gasteiger partial charge in [0.1, 0.15) is 6.72 Å². The van der Waals surface area contributed by atoms with Crippen molar-refractivity contribution in [2.75, 3.05) is 7.11 Å². The van der Waals surface area contributed by atoms with Crippen molar-refractivity contribution in [3.8, 4) is 0 Å². The first kappa shape index (κ1) is 15.0. The minimum atomic E-state index is -2.91. The van der Waals surface area contributed by atoms with Crippen molar-refractivity contribution >= 4 is 19.0 Å². The van der Waals surface area contributed by atoms with Gasteiger partial charge in [-0.25, -0.2) is 0 Å². The van der Waals surface area contributed by atoms with Crippen LogP contribution in [0.3, 0.4) is 0 Å². The summed E-state index contributed by atoms with van der Waals surface area (Å²) in [5, 5.41) is 2.70. The van der Waals surface area contributed by atoms with Crippen LogP contribution in [0, 0.1) is 0 Å². The maximum Gasteiger partial charge on any atom is 1.00 e. The maximum atomic E-state index is 11.0. The quantitative estimate of drug-likeness (QED) is 0.351. The van der Waals surface area contributed by atoms with Gasteiger partial charge in [-0.3, -0.25) is 5.09 Å². The maximum absolute atomic E-state index is 11.0. The first-order valence-electron chi connectivity index (χ1n) is 3.16. The third-order valence-corrected chi connectivity index (χ3v) is 3.23. The molecule has 0 spiro atoms. The average molecular weight is 205 g/mol. The smallest absolute Gasteiger partial charge is 0.673 e. The van der Waals surface area contributed by atoms with Gasteiger partial charge < -0.3 is 21.3 Å². The van der Waals surface area contributed by atoms with Gasteiger partial charge in [0.15, 0.2) is 0 Å². The van der Waals surface area contributed by atoms with E-state index in [-0.39, 0.29) is 35.6 Å². The fourth-order valence-corrected chi connectivity index (χ4v) is 1.78. The Kier molecular flexibility index (Phi) is 9.48. The number of nitrogens with one attached hydrogen (secondary N) is 1. The predicted molar refractivity (Wildman–Crippen MR) is 44.9 cm³/mol. The van der Waals surface area contributed by atoms with Crippen molar-refractivity contribution in [3.63, 3.8) is 0 Å². The van der Waals surface area contributed by atoms with Gasteiger partial charge in [-0.2, -0.15) is 0 Å². The summed E-state index contributed by atoms with van der Waals surface area (Å²) < 4.78 is 15.6. The molecule has 11 heavy (non-hydrogen) atoms. The molecular weight excluding hydrogens is 192 g/mol. The van der Waals surface area contributed by atoms with Crippen LogP contribution in [0.25, 0.3) is 0 Å². The van der Waals surface area contributed by atoms with Gasteiger partial charge in [0, 0.05) is 13.2 Å². The van der Waals surface area contributed by atoms with Crippen LogP contribution in [0.4, 0.5) is 0 Å². The molecule has 1 N–H and O–H groups in total. The van der Waals surface area contributed by atoms with Crippen molar-refractivity contribution in [1.82, 2.24) is 5.09 Å². The molecule has 0 radical (unpaired) electrons. The minimum Gasteiger partial charge on any atom is -0.673 e. The van der Waals surface area contributed by atoms with Crippen LogP contribution in [-0.4, -0.2) is 13.2 Å². The Balaban J connectivity index is 0. The monoisotopic (exact) mass is 205 g/mol. The zero-order chi connectivity index (χ0) is 8.20. The molecule has 0 aliphatic carbocycles. The minimum absolute atomic E-state index is 0. The molecule has 0 saturated heterocycles. The first-order valence-corrected chi connectivity index (χ1v) is 5.80. The molecule has 0 bridgehead atoms. The first-order chi connectivity index (χ1) is 4.52. The summed E-state index contributed by atoms with van der Waals surface area (Å²) in [6.07, 6.45) is 0.893. The fourth-order valence-electron chi connectivity index (χ4n) is 0.414. The summed E-state index contributed by atoms with van der Waals surface area (Å²) in [5.74, 6) is 0. The molecule has 0 amide bonds. The van der Waals surface area contributed by atoms with E-state index in [2.05, 4.69) is 21.9 Å². The van der Waals surface area contributed by atoms with E-state index < -0.39 is 6.72 Å². The van der Waals surface area contributed by atoms with Crippen molar-refractivity contribution in [2.24, 2.45) is 0 Å². The second-order valence-corrected chi connectivity index (χ2v) is 5.18. The Hall–Kier alpha value is 1.50. The zero-order valence-electron chi connectivity index (χ0n) is 7.46. The summed E-state index contributed by atoms with van der Waals surface area (Å²) in [5.41, 5.74) is 0. The molecule has 2 atom stereocenters. The summed E-state index contributed by atoms with van der Waals surface area (Å²) >= 11 is 4.61. The third kappa shape index (κ3) is 7.85. The molecule has 0 aliphatic rings. The normalized spacial score (nSPS) is 18.2. The molecule has 0 heterocycles. The molecule has 2 unspecified atom stereocenters. The molecule has 62 valence electrons. The van der Waals surface area contributed by atoms with Gasteiger partial charge >= 0.3 is 29.6 Å². The molecule has 0 aliphatic heterocycles. The Bertz CT molecular complexity index is 146. The van der Waals surface area contributed by atoms with Crippen molar-refractivity contribution in [2.45, 2.75) is 26.3 Å². The van der Waals surface area contributed by atoms with E-state index in [9.17, 15) is 4.57 Å². The molecule has 0 rings (SSSR count). The van der Waals surface area contributed by atoms with Crippen molar-refractivity contribution in [1.29, 1.82) is 0 Å². The van der Waals surface area contributed by atoms with Crippen LogP contribution in [0.2, 0.25) is 0 Å². The molecule has 0 aromatic carbocycles. The number of hydrogen-bond donors (Lipinski definition) is 1. The predicted octanol–water partition coefficient (Wildman–Crippen LogP) is -1.32. The fraction of sp³-hybridized carbons (Fsp3) is 1.00. The van der Waals surface area contributed by atoms with Gasteiger partial charge in [0.25, 0.3) is 0 Å².